The number of nitrogens with zero attached hydrogens (tertiary/aromatic N) is 1. The molecule has 0 saturated carbocycles. The van der Waals surface area contributed by atoms with Crippen molar-refractivity contribution in [1.82, 2.24) is 4.98 Å². The van der Waals surface area contributed by atoms with E-state index in [1.165, 1.54) is 5.56 Å². The Kier molecular flexibility index (Phi) is 3.64. The average Bonchev–Trinajstić information content (AvgIpc) is 2.79. The van der Waals surface area contributed by atoms with E-state index in [4.69, 9.17) is 11.6 Å². The summed E-state index contributed by atoms with van der Waals surface area (Å²) in [4.78, 5) is 4.56. The van der Waals surface area contributed by atoms with E-state index in [-0.39, 0.29) is 5.41 Å². The highest BCUT2D eigenvalue weighted by Gasteiger charge is 2.13. The van der Waals surface area contributed by atoms with Crippen molar-refractivity contribution in [1.29, 1.82) is 0 Å². The highest BCUT2D eigenvalue weighted by atomic mass is 35.5. The number of halogens is 1. The van der Waals surface area contributed by atoms with Gasteiger partial charge in [-0.2, -0.15) is 0 Å². The number of thiazole rings is 1. The number of benzene rings is 2. The minimum absolute atomic E-state index is 0.172. The summed E-state index contributed by atoms with van der Waals surface area (Å²) < 4.78 is 1.13. The molecule has 1 N–H and O–H groups in total. The summed E-state index contributed by atoms with van der Waals surface area (Å²) in [6.07, 6.45) is 0. The fraction of sp³-hybridized carbons (Fsp3) is 0.235. The zero-order valence-electron chi connectivity index (χ0n) is 12.3. The minimum atomic E-state index is 0.172. The van der Waals surface area contributed by atoms with E-state index in [0.717, 1.165) is 21.0 Å². The highest BCUT2D eigenvalue weighted by Crippen LogP contribution is 2.30. The molecule has 0 aliphatic heterocycles. The number of hydrogen-bond acceptors (Lipinski definition) is 3. The van der Waals surface area contributed by atoms with E-state index < -0.39 is 0 Å². The molecule has 2 aromatic carbocycles. The quantitative estimate of drug-likeness (QED) is 0.628. The van der Waals surface area contributed by atoms with Gasteiger partial charge in [-0.25, -0.2) is 4.98 Å². The standard InChI is InChI=1S/C17H17ClN2S/c1-17(2,3)11-4-7-13(8-5-11)19-16-20-14-10-12(18)6-9-15(14)21-16/h4-10H,1-3H3,(H,19,20). The van der Waals surface area contributed by atoms with E-state index in [1.807, 2.05) is 18.2 Å². The van der Waals surface area contributed by atoms with Crippen LogP contribution in [0, 0.1) is 0 Å². The van der Waals surface area contributed by atoms with Crippen molar-refractivity contribution in [2.75, 3.05) is 5.32 Å². The molecular weight excluding hydrogens is 300 g/mol. The van der Waals surface area contributed by atoms with Gasteiger partial charge in [0.15, 0.2) is 5.13 Å². The van der Waals surface area contributed by atoms with Crippen molar-refractivity contribution in [2.45, 2.75) is 26.2 Å². The summed E-state index contributed by atoms with van der Waals surface area (Å²) >= 11 is 7.62. The van der Waals surface area contributed by atoms with Gasteiger partial charge < -0.3 is 5.32 Å². The van der Waals surface area contributed by atoms with Crippen molar-refractivity contribution in [2.24, 2.45) is 0 Å². The number of rotatable bonds is 2. The number of aromatic nitrogens is 1. The van der Waals surface area contributed by atoms with E-state index >= 15 is 0 Å². The molecule has 0 aliphatic carbocycles. The Morgan fingerprint density at radius 1 is 1.05 bits per heavy atom. The monoisotopic (exact) mass is 316 g/mol. The molecule has 0 radical (unpaired) electrons. The maximum absolute atomic E-state index is 5.99. The fourth-order valence-corrected chi connectivity index (χ4v) is 3.16. The molecule has 1 aromatic heterocycles. The van der Waals surface area contributed by atoms with E-state index in [2.05, 4.69) is 55.3 Å². The third-order valence-electron chi connectivity index (χ3n) is 3.35. The third-order valence-corrected chi connectivity index (χ3v) is 4.54. The predicted molar refractivity (Wildman–Crippen MR) is 93.1 cm³/mol. The first-order valence-electron chi connectivity index (χ1n) is 6.85. The first-order valence-corrected chi connectivity index (χ1v) is 8.05. The fourth-order valence-electron chi connectivity index (χ4n) is 2.13. The van der Waals surface area contributed by atoms with Gasteiger partial charge in [0.05, 0.1) is 10.2 Å². The van der Waals surface area contributed by atoms with Gasteiger partial charge in [0.25, 0.3) is 0 Å². The maximum atomic E-state index is 5.99. The van der Waals surface area contributed by atoms with Crippen molar-refractivity contribution < 1.29 is 0 Å². The van der Waals surface area contributed by atoms with Crippen LogP contribution in [0.5, 0.6) is 0 Å². The second-order valence-electron chi connectivity index (χ2n) is 6.08. The average molecular weight is 317 g/mol. The summed E-state index contributed by atoms with van der Waals surface area (Å²) in [5.74, 6) is 0. The van der Waals surface area contributed by atoms with Crippen LogP contribution >= 0.6 is 22.9 Å². The molecule has 0 amide bonds. The van der Waals surface area contributed by atoms with Crippen LogP contribution in [0.4, 0.5) is 10.8 Å². The normalized spacial score (nSPS) is 11.8. The summed E-state index contributed by atoms with van der Waals surface area (Å²) in [5.41, 5.74) is 3.48. The van der Waals surface area contributed by atoms with Crippen LogP contribution in [0.15, 0.2) is 42.5 Å². The molecule has 4 heteroatoms. The van der Waals surface area contributed by atoms with Gasteiger partial charge in [0.1, 0.15) is 0 Å². The molecule has 0 atom stereocenters. The second-order valence-corrected chi connectivity index (χ2v) is 7.55. The third kappa shape index (κ3) is 3.20. The van der Waals surface area contributed by atoms with Crippen molar-refractivity contribution >= 4 is 44.0 Å². The zero-order chi connectivity index (χ0) is 15.0. The first-order chi connectivity index (χ1) is 9.91. The molecule has 0 unspecified atom stereocenters. The SMILES string of the molecule is CC(C)(C)c1ccc(Nc2nc3cc(Cl)ccc3s2)cc1. The van der Waals surface area contributed by atoms with Crippen molar-refractivity contribution in [3.63, 3.8) is 0 Å². The smallest absolute Gasteiger partial charge is 0.188 e. The van der Waals surface area contributed by atoms with Gasteiger partial charge in [-0.3, -0.25) is 0 Å². The molecule has 0 bridgehead atoms. The predicted octanol–water partition coefficient (Wildman–Crippen LogP) is 5.99. The Bertz CT molecular complexity index is 770. The van der Waals surface area contributed by atoms with Crippen molar-refractivity contribution in [3.05, 3.63) is 53.1 Å². The van der Waals surface area contributed by atoms with Gasteiger partial charge in [-0.05, 0) is 41.3 Å². The Balaban J connectivity index is 1.84. The lowest BCUT2D eigenvalue weighted by Gasteiger charge is -2.19. The van der Waals surface area contributed by atoms with Gasteiger partial charge >= 0.3 is 0 Å². The molecule has 0 fully saturated rings. The largest absolute Gasteiger partial charge is 0.332 e. The summed E-state index contributed by atoms with van der Waals surface area (Å²) in [6.45, 7) is 6.65. The molecule has 0 spiro atoms. The summed E-state index contributed by atoms with van der Waals surface area (Å²) in [5, 5.41) is 4.96. The lowest BCUT2D eigenvalue weighted by molar-refractivity contribution is 0.590. The Labute approximate surface area is 133 Å². The van der Waals surface area contributed by atoms with Crippen LogP contribution in [-0.2, 0) is 5.41 Å². The summed E-state index contributed by atoms with van der Waals surface area (Å²) in [7, 11) is 0. The lowest BCUT2D eigenvalue weighted by atomic mass is 9.87. The van der Waals surface area contributed by atoms with E-state index in [0.29, 0.717) is 5.02 Å². The Morgan fingerprint density at radius 2 is 1.76 bits per heavy atom. The van der Waals surface area contributed by atoms with Gasteiger partial charge in [-0.15, -0.1) is 0 Å². The van der Waals surface area contributed by atoms with Crippen molar-refractivity contribution in [3.8, 4) is 0 Å². The topological polar surface area (TPSA) is 24.9 Å². The van der Waals surface area contributed by atoms with E-state index in [1.54, 1.807) is 11.3 Å². The Hall–Kier alpha value is -1.58. The number of fused-ring (bicyclic) bond motifs is 1. The maximum Gasteiger partial charge on any atom is 0.188 e. The molecule has 2 nitrogen and oxygen atoms in total. The number of nitrogens with one attached hydrogen (secondary N) is 1. The number of anilines is 2. The molecule has 108 valence electrons. The van der Waals surface area contributed by atoms with Crippen LogP contribution in [0.3, 0.4) is 0 Å². The highest BCUT2D eigenvalue weighted by molar-refractivity contribution is 7.22. The molecule has 1 heterocycles. The van der Waals surface area contributed by atoms with E-state index in [9.17, 15) is 0 Å². The van der Waals surface area contributed by atoms with Crippen LogP contribution < -0.4 is 5.32 Å². The van der Waals surface area contributed by atoms with Crippen LogP contribution in [0.2, 0.25) is 5.02 Å². The summed E-state index contributed by atoms with van der Waals surface area (Å²) in [6, 6.07) is 14.3. The zero-order valence-corrected chi connectivity index (χ0v) is 13.8. The van der Waals surface area contributed by atoms with Gasteiger partial charge in [0, 0.05) is 10.7 Å². The van der Waals surface area contributed by atoms with Gasteiger partial charge in [-0.1, -0.05) is 55.8 Å². The molecule has 0 saturated heterocycles. The Morgan fingerprint density at radius 3 is 2.43 bits per heavy atom. The molecular formula is C17H17ClN2S. The molecule has 21 heavy (non-hydrogen) atoms. The van der Waals surface area contributed by atoms with Crippen LogP contribution in [0.25, 0.3) is 10.2 Å². The molecule has 3 aromatic rings. The van der Waals surface area contributed by atoms with Crippen LogP contribution in [-0.4, -0.2) is 4.98 Å². The molecule has 3 rings (SSSR count). The lowest BCUT2D eigenvalue weighted by Crippen LogP contribution is -2.10. The molecule has 0 aliphatic rings. The van der Waals surface area contributed by atoms with Crippen LogP contribution in [0.1, 0.15) is 26.3 Å². The second kappa shape index (κ2) is 5.32. The first kappa shape index (κ1) is 14.4. The van der Waals surface area contributed by atoms with Gasteiger partial charge in [0.2, 0.25) is 0 Å². The number of hydrogen-bond donors (Lipinski definition) is 1. The minimum Gasteiger partial charge on any atom is -0.332 e.